The Morgan fingerprint density at radius 1 is 1.35 bits per heavy atom. The monoisotopic (exact) mass is 298 g/mol. The fourth-order valence-corrected chi connectivity index (χ4v) is 2.22. The molecule has 1 unspecified atom stereocenters. The summed E-state index contributed by atoms with van der Waals surface area (Å²) >= 11 is 6.03. The first-order valence-electron chi connectivity index (χ1n) is 7.00. The molecule has 0 spiro atoms. The Balaban J connectivity index is 2.61. The summed E-state index contributed by atoms with van der Waals surface area (Å²) in [6.45, 7) is 8.99. The normalized spacial score (nSPS) is 13.8. The van der Waals surface area contributed by atoms with E-state index in [-0.39, 0.29) is 5.54 Å². The maximum absolute atomic E-state index is 6.03. The first kappa shape index (κ1) is 17.4. The van der Waals surface area contributed by atoms with Crippen LogP contribution in [0.2, 0.25) is 5.02 Å². The highest BCUT2D eigenvalue weighted by atomic mass is 35.5. The molecule has 0 aromatic heterocycles. The second-order valence-corrected chi connectivity index (χ2v) is 6.72. The van der Waals surface area contributed by atoms with Gasteiger partial charge in [0.15, 0.2) is 0 Å². The number of nitrogens with one attached hydrogen (secondary N) is 1. The molecule has 0 aliphatic carbocycles. The number of likely N-dealkylation sites (N-methyl/N-ethyl adjacent to an activating group) is 1. The first-order valence-corrected chi connectivity index (χ1v) is 7.38. The molecule has 0 saturated carbocycles. The predicted octanol–water partition coefficient (Wildman–Crippen LogP) is 3.17. The first-order chi connectivity index (χ1) is 9.31. The minimum atomic E-state index is 0.114. The van der Waals surface area contributed by atoms with Crippen LogP contribution in [0.1, 0.15) is 26.3 Å². The highest BCUT2D eigenvalue weighted by Crippen LogP contribution is 2.13. The summed E-state index contributed by atoms with van der Waals surface area (Å²) in [5.41, 5.74) is 1.33. The third-order valence-corrected chi connectivity index (χ3v) is 3.41. The SMILES string of the molecule is COCC(CNC(C)(C)C)N(C)Cc1cccc(Cl)c1. The van der Waals surface area contributed by atoms with Crippen LogP contribution in [-0.4, -0.2) is 43.8 Å². The summed E-state index contributed by atoms with van der Waals surface area (Å²) in [6.07, 6.45) is 0. The highest BCUT2D eigenvalue weighted by Gasteiger charge is 2.18. The van der Waals surface area contributed by atoms with Gasteiger partial charge in [-0.2, -0.15) is 0 Å². The third-order valence-electron chi connectivity index (χ3n) is 3.17. The molecule has 0 heterocycles. The molecule has 1 aromatic carbocycles. The van der Waals surface area contributed by atoms with Crippen molar-refractivity contribution < 1.29 is 4.74 Å². The average Bonchev–Trinajstić information content (AvgIpc) is 2.33. The average molecular weight is 299 g/mol. The lowest BCUT2D eigenvalue weighted by Crippen LogP contribution is -2.48. The number of halogens is 1. The van der Waals surface area contributed by atoms with Crippen LogP contribution in [0.15, 0.2) is 24.3 Å². The van der Waals surface area contributed by atoms with Crippen molar-refractivity contribution in [2.24, 2.45) is 0 Å². The van der Waals surface area contributed by atoms with Crippen LogP contribution in [0.5, 0.6) is 0 Å². The fourth-order valence-electron chi connectivity index (χ4n) is 2.01. The van der Waals surface area contributed by atoms with Crippen LogP contribution in [0.3, 0.4) is 0 Å². The zero-order valence-corrected chi connectivity index (χ0v) is 14.0. The maximum Gasteiger partial charge on any atom is 0.0630 e. The molecular weight excluding hydrogens is 272 g/mol. The Morgan fingerprint density at radius 3 is 2.60 bits per heavy atom. The van der Waals surface area contributed by atoms with E-state index in [4.69, 9.17) is 16.3 Å². The molecule has 114 valence electrons. The molecule has 0 aliphatic heterocycles. The van der Waals surface area contributed by atoms with Crippen molar-refractivity contribution in [3.05, 3.63) is 34.9 Å². The molecule has 4 heteroatoms. The van der Waals surface area contributed by atoms with Gasteiger partial charge in [0, 0.05) is 36.8 Å². The molecule has 1 rings (SSSR count). The van der Waals surface area contributed by atoms with E-state index in [1.807, 2.05) is 18.2 Å². The Labute approximate surface area is 128 Å². The predicted molar refractivity (Wildman–Crippen MR) is 86.3 cm³/mol. The van der Waals surface area contributed by atoms with Gasteiger partial charge in [-0.15, -0.1) is 0 Å². The Bertz CT molecular complexity index is 404. The molecule has 0 radical (unpaired) electrons. The lowest BCUT2D eigenvalue weighted by atomic mass is 10.1. The van der Waals surface area contributed by atoms with Gasteiger partial charge in [-0.05, 0) is 45.5 Å². The van der Waals surface area contributed by atoms with Gasteiger partial charge in [-0.25, -0.2) is 0 Å². The van der Waals surface area contributed by atoms with Gasteiger partial charge in [0.25, 0.3) is 0 Å². The Kier molecular flexibility index (Phi) is 6.96. The standard InChI is InChI=1S/C16H27ClN2O/c1-16(2,3)18-10-15(12-20-5)19(4)11-13-7-6-8-14(17)9-13/h6-9,15,18H,10-12H2,1-5H3. The van der Waals surface area contributed by atoms with Crippen molar-refractivity contribution in [1.82, 2.24) is 10.2 Å². The number of hydrogen-bond acceptors (Lipinski definition) is 3. The second kappa shape index (κ2) is 7.99. The molecule has 3 nitrogen and oxygen atoms in total. The minimum Gasteiger partial charge on any atom is -0.383 e. The molecule has 1 aromatic rings. The molecule has 0 aliphatic rings. The van der Waals surface area contributed by atoms with E-state index in [2.05, 4.69) is 44.1 Å². The maximum atomic E-state index is 6.03. The Hall–Kier alpha value is -0.610. The van der Waals surface area contributed by atoms with Gasteiger partial charge in [-0.3, -0.25) is 4.90 Å². The zero-order valence-electron chi connectivity index (χ0n) is 13.2. The fraction of sp³-hybridized carbons (Fsp3) is 0.625. The van der Waals surface area contributed by atoms with E-state index in [0.29, 0.717) is 12.6 Å². The van der Waals surface area contributed by atoms with Gasteiger partial charge in [0.05, 0.1) is 6.61 Å². The number of hydrogen-bond donors (Lipinski definition) is 1. The third kappa shape index (κ3) is 6.71. The number of nitrogens with zero attached hydrogens (tertiary/aromatic N) is 1. The number of ether oxygens (including phenoxy) is 1. The molecular formula is C16H27ClN2O. The van der Waals surface area contributed by atoms with E-state index >= 15 is 0 Å². The molecule has 1 N–H and O–H groups in total. The summed E-state index contributed by atoms with van der Waals surface area (Å²) < 4.78 is 5.34. The summed E-state index contributed by atoms with van der Waals surface area (Å²) in [5, 5.41) is 4.32. The van der Waals surface area contributed by atoms with E-state index in [1.165, 1.54) is 5.56 Å². The summed E-state index contributed by atoms with van der Waals surface area (Å²) in [7, 11) is 3.87. The van der Waals surface area contributed by atoms with E-state index < -0.39 is 0 Å². The van der Waals surface area contributed by atoms with Crippen molar-refractivity contribution in [1.29, 1.82) is 0 Å². The number of rotatable bonds is 7. The second-order valence-electron chi connectivity index (χ2n) is 6.29. The van der Waals surface area contributed by atoms with Crippen molar-refractivity contribution >= 4 is 11.6 Å². The molecule has 0 amide bonds. The van der Waals surface area contributed by atoms with E-state index in [1.54, 1.807) is 7.11 Å². The molecule has 0 bridgehead atoms. The van der Waals surface area contributed by atoms with Crippen LogP contribution >= 0.6 is 11.6 Å². The Morgan fingerprint density at radius 2 is 2.05 bits per heavy atom. The largest absolute Gasteiger partial charge is 0.383 e. The van der Waals surface area contributed by atoms with Crippen molar-refractivity contribution in [3.8, 4) is 0 Å². The number of benzene rings is 1. The molecule has 20 heavy (non-hydrogen) atoms. The minimum absolute atomic E-state index is 0.114. The van der Waals surface area contributed by atoms with Gasteiger partial charge < -0.3 is 10.1 Å². The van der Waals surface area contributed by atoms with Gasteiger partial charge in [-0.1, -0.05) is 23.7 Å². The van der Waals surface area contributed by atoms with E-state index in [9.17, 15) is 0 Å². The van der Waals surface area contributed by atoms with Crippen LogP contribution < -0.4 is 5.32 Å². The smallest absolute Gasteiger partial charge is 0.0630 e. The van der Waals surface area contributed by atoms with Crippen LogP contribution in [-0.2, 0) is 11.3 Å². The van der Waals surface area contributed by atoms with Gasteiger partial charge in [0.1, 0.15) is 0 Å². The summed E-state index contributed by atoms with van der Waals surface area (Å²) in [4.78, 5) is 2.30. The number of methoxy groups -OCH3 is 1. The lowest BCUT2D eigenvalue weighted by molar-refractivity contribution is 0.0972. The molecule has 0 saturated heterocycles. The van der Waals surface area contributed by atoms with Crippen molar-refractivity contribution in [2.45, 2.75) is 38.9 Å². The zero-order chi connectivity index (χ0) is 15.2. The summed E-state index contributed by atoms with van der Waals surface area (Å²) in [6, 6.07) is 8.34. The highest BCUT2D eigenvalue weighted by molar-refractivity contribution is 6.30. The lowest BCUT2D eigenvalue weighted by Gasteiger charge is -2.31. The summed E-state index contributed by atoms with van der Waals surface area (Å²) in [5.74, 6) is 0. The van der Waals surface area contributed by atoms with Crippen LogP contribution in [0.4, 0.5) is 0 Å². The van der Waals surface area contributed by atoms with Crippen LogP contribution in [0.25, 0.3) is 0 Å². The topological polar surface area (TPSA) is 24.5 Å². The molecule has 0 fully saturated rings. The quantitative estimate of drug-likeness (QED) is 0.837. The van der Waals surface area contributed by atoms with Crippen molar-refractivity contribution in [3.63, 3.8) is 0 Å². The van der Waals surface area contributed by atoms with E-state index in [0.717, 1.165) is 18.1 Å². The van der Waals surface area contributed by atoms with Crippen molar-refractivity contribution in [2.75, 3.05) is 27.3 Å². The van der Waals surface area contributed by atoms with Gasteiger partial charge in [0.2, 0.25) is 0 Å². The van der Waals surface area contributed by atoms with Gasteiger partial charge >= 0.3 is 0 Å². The molecule has 1 atom stereocenters. The van der Waals surface area contributed by atoms with Crippen LogP contribution in [0, 0.1) is 0 Å².